The minimum absolute atomic E-state index is 0. The van der Waals surface area contributed by atoms with Gasteiger partial charge in [-0.05, 0) is 24.5 Å². The molecule has 0 aromatic carbocycles. The lowest BCUT2D eigenvalue weighted by molar-refractivity contribution is 0.179. The normalized spacial score (nSPS) is 20.5. The highest BCUT2D eigenvalue weighted by Gasteiger charge is 2.12. The molecule has 2 rings (SSSR count). The first-order chi connectivity index (χ1) is 5.97. The second kappa shape index (κ2) is 4.99. The average Bonchev–Trinajstić information content (AvgIpc) is 2.21. The summed E-state index contributed by atoms with van der Waals surface area (Å²) in [5, 5.41) is 3.17. The molecule has 1 heterocycles. The highest BCUT2D eigenvalue weighted by Crippen LogP contribution is 2.20. The van der Waals surface area contributed by atoms with Crippen molar-refractivity contribution >= 4 is 0 Å². The Bertz CT molecular complexity index is 199. The van der Waals surface area contributed by atoms with Gasteiger partial charge in [-0.25, -0.2) is 0 Å². The highest BCUT2D eigenvalue weighted by molar-refractivity contribution is 5.26. The molecule has 1 aliphatic heterocycles. The zero-order valence-corrected chi connectivity index (χ0v) is 7.89. The van der Waals surface area contributed by atoms with Gasteiger partial charge in [0, 0.05) is 7.97 Å². The van der Waals surface area contributed by atoms with Gasteiger partial charge >= 0.3 is 0 Å². The molecule has 0 saturated heterocycles. The first-order valence-corrected chi connectivity index (χ1v) is 4.69. The zero-order chi connectivity index (χ0) is 8.81. The van der Waals surface area contributed by atoms with Gasteiger partial charge in [0.2, 0.25) is 0 Å². The fourth-order valence-electron chi connectivity index (χ4n) is 1.35. The lowest BCUT2D eigenvalue weighted by Crippen LogP contribution is -2.27. The van der Waals surface area contributed by atoms with E-state index in [1.807, 2.05) is 13.8 Å². The topological polar surface area (TPSA) is 21.3 Å². The summed E-state index contributed by atoms with van der Waals surface area (Å²) in [5.74, 6) is 1.10. The van der Waals surface area contributed by atoms with Crippen LogP contribution in [0.4, 0.5) is 0 Å². The first kappa shape index (κ1) is 9.33. The third-order valence-corrected chi connectivity index (χ3v) is 1.90. The van der Waals surface area contributed by atoms with E-state index in [0.29, 0.717) is 6.73 Å². The first-order valence-electron chi connectivity index (χ1n) is 4.69. The summed E-state index contributed by atoms with van der Waals surface area (Å²) in [6, 6.07) is 0. The largest absolute Gasteiger partial charge is 0.478 e. The molecule has 0 radical (unpaired) electrons. The van der Waals surface area contributed by atoms with Crippen LogP contribution < -0.4 is 5.32 Å². The molecule has 0 aromatic heterocycles. The van der Waals surface area contributed by atoms with E-state index in [1.165, 1.54) is 18.4 Å². The van der Waals surface area contributed by atoms with Crippen molar-refractivity contribution in [1.29, 1.82) is 0 Å². The molecule has 70 valence electrons. The van der Waals surface area contributed by atoms with Gasteiger partial charge in [0.1, 0.15) is 12.5 Å². The molecule has 0 amide bonds. The molecular formula is C10H19NO. The molecule has 2 heteroatoms. The van der Waals surface area contributed by atoms with Crippen LogP contribution in [0.5, 0.6) is 0 Å². The Morgan fingerprint density at radius 1 is 1.50 bits per heavy atom. The number of rotatable bonds is 0. The molecule has 1 N–H and O–H groups in total. The second-order valence-corrected chi connectivity index (χ2v) is 2.62. The van der Waals surface area contributed by atoms with E-state index in [9.17, 15) is 0 Å². The van der Waals surface area contributed by atoms with Gasteiger partial charge in [-0.1, -0.05) is 19.9 Å². The Hall–Kier alpha value is -0.760. The summed E-state index contributed by atoms with van der Waals surface area (Å²) >= 11 is 0. The molecule has 0 unspecified atom stereocenters. The van der Waals surface area contributed by atoms with Crippen molar-refractivity contribution in [2.24, 2.45) is 0 Å². The lowest BCUT2D eigenvalue weighted by atomic mass is 10.0. The quantitative estimate of drug-likeness (QED) is 0.601. The van der Waals surface area contributed by atoms with E-state index in [2.05, 4.69) is 17.5 Å². The van der Waals surface area contributed by atoms with Gasteiger partial charge in [-0.15, -0.1) is 0 Å². The number of hydrogen-bond acceptors (Lipinski definition) is 2. The van der Waals surface area contributed by atoms with Gasteiger partial charge in [0.15, 0.2) is 0 Å². The minimum atomic E-state index is 0. The summed E-state index contributed by atoms with van der Waals surface area (Å²) in [6.45, 7) is 5.68. The van der Waals surface area contributed by atoms with Crippen LogP contribution in [0.1, 0.15) is 28.1 Å². The maximum Gasteiger partial charge on any atom is 0.139 e. The molecule has 1 aliphatic carbocycles. The van der Waals surface area contributed by atoms with E-state index < -0.39 is 0 Å². The van der Waals surface area contributed by atoms with Crippen molar-refractivity contribution in [2.75, 3.05) is 13.3 Å². The van der Waals surface area contributed by atoms with E-state index >= 15 is 0 Å². The summed E-state index contributed by atoms with van der Waals surface area (Å²) < 4.78 is 5.36. The Kier molecular flexibility index (Phi) is 3.88. The molecule has 12 heavy (non-hydrogen) atoms. The van der Waals surface area contributed by atoms with E-state index in [0.717, 1.165) is 12.3 Å². The molecule has 0 aromatic rings. The smallest absolute Gasteiger partial charge is 0.139 e. The summed E-state index contributed by atoms with van der Waals surface area (Å²) in [7, 11) is 0. The van der Waals surface area contributed by atoms with Crippen molar-refractivity contribution in [2.45, 2.75) is 26.7 Å². The van der Waals surface area contributed by atoms with Gasteiger partial charge in [-0.2, -0.15) is 0 Å². The monoisotopic (exact) mass is 169 g/mol. The van der Waals surface area contributed by atoms with Crippen LogP contribution in [-0.2, 0) is 4.74 Å². The van der Waals surface area contributed by atoms with Crippen LogP contribution in [0.2, 0.25) is 0 Å². The summed E-state index contributed by atoms with van der Waals surface area (Å²) in [6.07, 6.45) is 6.59. The molecular weight excluding hydrogens is 150 g/mol. The third-order valence-electron chi connectivity index (χ3n) is 1.90. The fraction of sp³-hybridized carbons (Fsp3) is 0.600. The van der Waals surface area contributed by atoms with E-state index in [4.69, 9.17) is 4.74 Å². The Morgan fingerprint density at radius 2 is 2.33 bits per heavy atom. The predicted molar refractivity (Wildman–Crippen MR) is 52.8 cm³/mol. The van der Waals surface area contributed by atoms with Gasteiger partial charge in [-0.3, -0.25) is 5.32 Å². The van der Waals surface area contributed by atoms with E-state index in [1.54, 1.807) is 0 Å². The zero-order valence-electron chi connectivity index (χ0n) is 7.89. The molecule has 2 aliphatic rings. The van der Waals surface area contributed by atoms with Gasteiger partial charge in [0.25, 0.3) is 0 Å². The van der Waals surface area contributed by atoms with Crippen molar-refractivity contribution in [3.63, 3.8) is 0 Å². The molecule has 0 fully saturated rings. The molecule has 0 atom stereocenters. The average molecular weight is 169 g/mol. The predicted octanol–water partition coefficient (Wildman–Crippen LogP) is 2.44. The highest BCUT2D eigenvalue weighted by atomic mass is 16.5. The molecule has 0 spiro atoms. The van der Waals surface area contributed by atoms with Crippen molar-refractivity contribution < 1.29 is 6.16 Å². The van der Waals surface area contributed by atoms with Gasteiger partial charge < -0.3 is 4.74 Å². The van der Waals surface area contributed by atoms with Crippen molar-refractivity contribution in [1.82, 2.24) is 5.32 Å². The summed E-state index contributed by atoms with van der Waals surface area (Å²) in [4.78, 5) is 0. The molecule has 2 nitrogen and oxygen atoms in total. The third kappa shape index (κ3) is 2.11. The van der Waals surface area contributed by atoms with Crippen LogP contribution in [0.25, 0.3) is 0 Å². The lowest BCUT2D eigenvalue weighted by Gasteiger charge is -2.22. The molecule has 0 bridgehead atoms. The standard InChI is InChI=1S/C8H11NO.C2H6.H2/c1-2-4-8-7(3-1)5-9-6-10-8;1-2;/h2,4,9H,1,3,5-6H2;1-2H3;1H. The number of allylic oxidation sites excluding steroid dienone is 2. The SMILES string of the molecule is C1=CC2=C(CC1)CNCO2.CC.[HH]. The number of ether oxygens (including phenoxy) is 1. The second-order valence-electron chi connectivity index (χ2n) is 2.62. The van der Waals surface area contributed by atoms with Crippen LogP contribution in [0, 0.1) is 0 Å². The van der Waals surface area contributed by atoms with E-state index in [-0.39, 0.29) is 1.43 Å². The van der Waals surface area contributed by atoms with Crippen LogP contribution in [-0.4, -0.2) is 13.3 Å². The Labute approximate surface area is 75.8 Å². The van der Waals surface area contributed by atoms with Crippen LogP contribution in [0.3, 0.4) is 0 Å². The van der Waals surface area contributed by atoms with Gasteiger partial charge in [0.05, 0.1) is 0 Å². The maximum atomic E-state index is 5.36. The Morgan fingerprint density at radius 3 is 3.08 bits per heavy atom. The summed E-state index contributed by atoms with van der Waals surface area (Å²) in [5.41, 5.74) is 1.42. The molecule has 0 saturated carbocycles. The maximum absolute atomic E-state index is 5.36. The minimum Gasteiger partial charge on any atom is -0.478 e. The fourth-order valence-corrected chi connectivity index (χ4v) is 1.35. The number of nitrogens with one attached hydrogen (secondary N) is 1. The van der Waals surface area contributed by atoms with Crippen molar-refractivity contribution in [3.8, 4) is 0 Å². The number of hydrogen-bond donors (Lipinski definition) is 1. The van der Waals surface area contributed by atoms with Crippen LogP contribution >= 0.6 is 0 Å². The Balaban J connectivity index is 0.000000451. The van der Waals surface area contributed by atoms with Crippen molar-refractivity contribution in [3.05, 3.63) is 23.5 Å². The van der Waals surface area contributed by atoms with Crippen LogP contribution in [0.15, 0.2) is 23.5 Å².